The van der Waals surface area contributed by atoms with Crippen molar-refractivity contribution in [1.82, 2.24) is 10.3 Å². The fourth-order valence-electron chi connectivity index (χ4n) is 3.23. The van der Waals surface area contributed by atoms with Gasteiger partial charge < -0.3 is 25.0 Å². The van der Waals surface area contributed by atoms with Crippen LogP contribution in [-0.2, 0) is 5.60 Å². The number of methoxy groups -OCH3 is 1. The summed E-state index contributed by atoms with van der Waals surface area (Å²) in [5.41, 5.74) is -3.87. The van der Waals surface area contributed by atoms with E-state index in [1.54, 1.807) is 0 Å². The summed E-state index contributed by atoms with van der Waals surface area (Å²) in [7, 11) is 1.31. The predicted molar refractivity (Wildman–Crippen MR) is 122 cm³/mol. The summed E-state index contributed by atoms with van der Waals surface area (Å²) >= 11 is 0. The molecule has 2 atom stereocenters. The molecule has 0 aliphatic carbocycles. The molecule has 1 unspecified atom stereocenters. The molecular formula is C25H24F4N2O5. The van der Waals surface area contributed by atoms with Crippen LogP contribution in [0.1, 0.15) is 23.0 Å². The van der Waals surface area contributed by atoms with Crippen molar-refractivity contribution in [2.45, 2.75) is 24.8 Å². The summed E-state index contributed by atoms with van der Waals surface area (Å²) in [5.74, 6) is -1.08. The first-order chi connectivity index (χ1) is 16.9. The van der Waals surface area contributed by atoms with Crippen LogP contribution in [0.5, 0.6) is 11.5 Å². The Labute approximate surface area is 204 Å². The fourth-order valence-corrected chi connectivity index (χ4v) is 3.23. The summed E-state index contributed by atoms with van der Waals surface area (Å²) in [6, 6.07) is 12.6. The SMILES string of the molecule is COc1cc(C(=O)NCC(O)(c2cccc(-c3ccc(F)cc3)n2)C(F)(F)F)ccc1OC[C@@H](C)O. The zero-order chi connectivity index (χ0) is 26.5. The van der Waals surface area contributed by atoms with Crippen LogP contribution in [0.4, 0.5) is 17.6 Å². The molecular weight excluding hydrogens is 484 g/mol. The van der Waals surface area contributed by atoms with Crippen LogP contribution in [0, 0.1) is 5.82 Å². The third-order valence-corrected chi connectivity index (χ3v) is 5.19. The van der Waals surface area contributed by atoms with Gasteiger partial charge >= 0.3 is 6.18 Å². The number of benzene rings is 2. The topological polar surface area (TPSA) is 101 Å². The minimum Gasteiger partial charge on any atom is -0.493 e. The largest absolute Gasteiger partial charge is 0.493 e. The Balaban J connectivity index is 1.84. The molecule has 11 heteroatoms. The highest BCUT2D eigenvalue weighted by molar-refractivity contribution is 5.95. The van der Waals surface area contributed by atoms with Crippen LogP contribution in [-0.4, -0.2) is 53.6 Å². The Morgan fingerprint density at radius 2 is 1.78 bits per heavy atom. The highest BCUT2D eigenvalue weighted by Gasteiger charge is 2.56. The maximum absolute atomic E-state index is 14.0. The number of halogens is 4. The summed E-state index contributed by atoms with van der Waals surface area (Å²) in [4.78, 5) is 16.6. The van der Waals surface area contributed by atoms with Gasteiger partial charge in [0.15, 0.2) is 11.5 Å². The first kappa shape index (κ1) is 26.9. The Hall–Kier alpha value is -3.70. The van der Waals surface area contributed by atoms with Crippen LogP contribution < -0.4 is 14.8 Å². The number of alkyl halides is 3. The molecule has 1 aromatic heterocycles. The van der Waals surface area contributed by atoms with E-state index < -0.39 is 41.8 Å². The molecule has 0 spiro atoms. The molecule has 3 rings (SSSR count). The van der Waals surface area contributed by atoms with Gasteiger partial charge in [-0.2, -0.15) is 13.2 Å². The average molecular weight is 508 g/mol. The maximum atomic E-state index is 14.0. The third-order valence-electron chi connectivity index (χ3n) is 5.19. The van der Waals surface area contributed by atoms with Gasteiger partial charge in [0.2, 0.25) is 5.60 Å². The van der Waals surface area contributed by atoms with Crippen LogP contribution >= 0.6 is 0 Å². The third kappa shape index (κ3) is 6.10. The molecule has 0 fully saturated rings. The lowest BCUT2D eigenvalue weighted by molar-refractivity contribution is -0.265. The number of aliphatic hydroxyl groups excluding tert-OH is 1. The minimum absolute atomic E-state index is 0.0372. The summed E-state index contributed by atoms with van der Waals surface area (Å²) < 4.78 is 65.7. The monoisotopic (exact) mass is 508 g/mol. The number of hydrogen-bond donors (Lipinski definition) is 3. The van der Waals surface area contributed by atoms with Gasteiger partial charge in [0.05, 0.1) is 31.1 Å². The lowest BCUT2D eigenvalue weighted by Gasteiger charge is -2.30. The molecule has 2 aromatic carbocycles. The first-order valence-corrected chi connectivity index (χ1v) is 10.7. The van der Waals surface area contributed by atoms with Crippen LogP contribution in [0.3, 0.4) is 0 Å². The van der Waals surface area contributed by atoms with E-state index in [2.05, 4.69) is 10.3 Å². The number of aromatic nitrogens is 1. The molecule has 0 saturated heterocycles. The second-order valence-electron chi connectivity index (χ2n) is 7.98. The number of amides is 1. The van der Waals surface area contributed by atoms with Crippen LogP contribution in [0.2, 0.25) is 0 Å². The number of aliphatic hydroxyl groups is 2. The van der Waals surface area contributed by atoms with Crippen molar-refractivity contribution >= 4 is 5.91 Å². The van der Waals surface area contributed by atoms with Gasteiger partial charge in [0, 0.05) is 11.1 Å². The zero-order valence-electron chi connectivity index (χ0n) is 19.3. The Kier molecular flexibility index (Phi) is 8.16. The number of hydrogen-bond acceptors (Lipinski definition) is 6. The summed E-state index contributed by atoms with van der Waals surface area (Å²) in [5, 5.41) is 22.1. The highest BCUT2D eigenvalue weighted by atomic mass is 19.4. The molecule has 3 aromatic rings. The molecule has 36 heavy (non-hydrogen) atoms. The van der Waals surface area contributed by atoms with E-state index in [0.29, 0.717) is 5.56 Å². The summed E-state index contributed by atoms with van der Waals surface area (Å²) in [6.07, 6.45) is -5.95. The molecule has 0 aliphatic rings. The Bertz CT molecular complexity index is 1200. The highest BCUT2D eigenvalue weighted by Crippen LogP contribution is 2.38. The van der Waals surface area contributed by atoms with Gasteiger partial charge in [-0.25, -0.2) is 9.37 Å². The van der Waals surface area contributed by atoms with Crippen molar-refractivity contribution in [1.29, 1.82) is 0 Å². The molecule has 7 nitrogen and oxygen atoms in total. The Morgan fingerprint density at radius 1 is 1.08 bits per heavy atom. The number of ether oxygens (including phenoxy) is 2. The number of carbonyl (C=O) groups excluding carboxylic acids is 1. The predicted octanol–water partition coefficient (Wildman–Crippen LogP) is 3.84. The van der Waals surface area contributed by atoms with E-state index in [-0.39, 0.29) is 29.4 Å². The average Bonchev–Trinajstić information content (AvgIpc) is 2.85. The number of rotatable bonds is 9. The molecule has 192 valence electrons. The number of pyridine rings is 1. The van der Waals surface area contributed by atoms with Gasteiger partial charge in [0.25, 0.3) is 5.91 Å². The lowest BCUT2D eigenvalue weighted by Crippen LogP contribution is -2.51. The lowest BCUT2D eigenvalue weighted by atomic mass is 9.97. The molecule has 0 bridgehead atoms. The van der Waals surface area contributed by atoms with Crippen molar-refractivity contribution in [2.75, 3.05) is 20.3 Å². The van der Waals surface area contributed by atoms with Crippen molar-refractivity contribution in [2.24, 2.45) is 0 Å². The molecule has 0 saturated carbocycles. The van der Waals surface area contributed by atoms with Gasteiger partial charge in [-0.05, 0) is 61.5 Å². The fraction of sp³-hybridized carbons (Fsp3) is 0.280. The Morgan fingerprint density at radius 3 is 2.39 bits per heavy atom. The van der Waals surface area contributed by atoms with Gasteiger partial charge in [-0.1, -0.05) is 6.07 Å². The van der Waals surface area contributed by atoms with E-state index in [9.17, 15) is 32.6 Å². The molecule has 0 aliphatic heterocycles. The molecule has 0 radical (unpaired) electrons. The summed E-state index contributed by atoms with van der Waals surface area (Å²) in [6.45, 7) is 0.253. The zero-order valence-corrected chi connectivity index (χ0v) is 19.3. The standard InChI is InChI=1S/C25H24F4N2O5/c1-15(32)13-36-20-11-8-17(12-21(20)35-2)23(33)30-14-24(34,25(27,28)29)22-5-3-4-19(31-22)16-6-9-18(26)10-7-16/h3-12,15,32,34H,13-14H2,1-2H3,(H,30,33)/t15-,24?/m1/s1. The van der Waals surface area contributed by atoms with Crippen molar-refractivity contribution in [3.05, 3.63) is 77.7 Å². The van der Waals surface area contributed by atoms with Gasteiger partial charge in [0.1, 0.15) is 12.4 Å². The number of nitrogens with one attached hydrogen (secondary N) is 1. The molecule has 3 N–H and O–H groups in total. The van der Waals surface area contributed by atoms with Crippen LogP contribution in [0.25, 0.3) is 11.3 Å². The van der Waals surface area contributed by atoms with Crippen molar-refractivity contribution in [3.8, 4) is 22.8 Å². The molecule has 1 heterocycles. The smallest absolute Gasteiger partial charge is 0.424 e. The normalized spacial score (nSPS) is 14.0. The first-order valence-electron chi connectivity index (χ1n) is 10.7. The van der Waals surface area contributed by atoms with Crippen molar-refractivity contribution < 1.29 is 42.0 Å². The molecule has 1 amide bonds. The van der Waals surface area contributed by atoms with Crippen LogP contribution in [0.15, 0.2) is 60.7 Å². The second-order valence-corrected chi connectivity index (χ2v) is 7.98. The second kappa shape index (κ2) is 10.9. The van der Waals surface area contributed by atoms with E-state index in [4.69, 9.17) is 9.47 Å². The van der Waals surface area contributed by atoms with Gasteiger partial charge in [-0.15, -0.1) is 0 Å². The quantitative estimate of drug-likeness (QED) is 0.380. The van der Waals surface area contributed by atoms with E-state index >= 15 is 0 Å². The van der Waals surface area contributed by atoms with Gasteiger partial charge in [-0.3, -0.25) is 4.79 Å². The van der Waals surface area contributed by atoms with Crippen molar-refractivity contribution in [3.63, 3.8) is 0 Å². The van der Waals surface area contributed by atoms with E-state index in [0.717, 1.165) is 18.2 Å². The maximum Gasteiger partial charge on any atom is 0.424 e. The minimum atomic E-state index is -5.19. The van der Waals surface area contributed by atoms with E-state index in [1.165, 1.54) is 56.5 Å². The number of carbonyl (C=O) groups is 1. The number of nitrogens with zero attached hydrogens (tertiary/aromatic N) is 1. The van der Waals surface area contributed by atoms with E-state index in [1.807, 2.05) is 0 Å².